The van der Waals surface area contributed by atoms with Crippen molar-refractivity contribution in [2.24, 2.45) is 11.8 Å². The molecule has 1 saturated heterocycles. The number of carbonyl (C=O) groups is 3. The minimum atomic E-state index is -0.891. The van der Waals surface area contributed by atoms with E-state index in [1.54, 1.807) is 6.92 Å². The molecule has 1 aromatic heterocycles. The highest BCUT2D eigenvalue weighted by atomic mass is 16.7. The quantitative estimate of drug-likeness (QED) is 0.210. The first-order valence-electron chi connectivity index (χ1n) is 15.4. The topological polar surface area (TPSA) is 122 Å². The number of esters is 2. The summed E-state index contributed by atoms with van der Waals surface area (Å²) < 4.78 is 27.1. The monoisotopic (exact) mass is 618 g/mol. The van der Waals surface area contributed by atoms with E-state index >= 15 is 0 Å². The molecular formula is C35H42N2O8. The van der Waals surface area contributed by atoms with Gasteiger partial charge in [-0.25, -0.2) is 14.6 Å². The number of carbonyl (C=O) groups excluding carboxylic acids is 3. The second-order valence-corrected chi connectivity index (χ2v) is 11.0. The Morgan fingerprint density at radius 1 is 0.978 bits per heavy atom. The highest BCUT2D eigenvalue weighted by molar-refractivity contribution is 5.98. The van der Waals surface area contributed by atoms with Crippen molar-refractivity contribution < 1.29 is 38.1 Å². The number of ether oxygens (including phenoxy) is 5. The fourth-order valence-electron chi connectivity index (χ4n) is 5.67. The number of methoxy groups -OCH3 is 1. The Bertz CT molecular complexity index is 1380. The first kappa shape index (κ1) is 33.5. The first-order valence-corrected chi connectivity index (χ1v) is 15.4. The summed E-state index contributed by atoms with van der Waals surface area (Å²) in [5.74, 6) is -1.22. The fourth-order valence-corrected chi connectivity index (χ4v) is 5.67. The van der Waals surface area contributed by atoms with Crippen LogP contribution in [-0.4, -0.2) is 62.1 Å². The molecule has 4 unspecified atom stereocenters. The minimum Gasteiger partial charge on any atom is -0.493 e. The molecule has 1 amide bonds. The van der Waals surface area contributed by atoms with Crippen LogP contribution in [0.4, 0.5) is 0 Å². The average Bonchev–Trinajstić information content (AvgIpc) is 3.10. The number of cyclic esters (lactones) is 1. The van der Waals surface area contributed by atoms with E-state index in [4.69, 9.17) is 23.7 Å². The lowest BCUT2D eigenvalue weighted by molar-refractivity contribution is -0.155. The highest BCUT2D eigenvalue weighted by Crippen LogP contribution is 2.33. The van der Waals surface area contributed by atoms with Gasteiger partial charge in [0, 0.05) is 24.8 Å². The molecule has 0 spiro atoms. The number of hydrogen-bond donors (Lipinski definition) is 1. The Morgan fingerprint density at radius 3 is 2.33 bits per heavy atom. The molecule has 0 bridgehead atoms. The lowest BCUT2D eigenvalue weighted by Crippen LogP contribution is -2.43. The van der Waals surface area contributed by atoms with Crippen molar-refractivity contribution in [1.82, 2.24) is 10.3 Å². The third-order valence-corrected chi connectivity index (χ3v) is 7.97. The molecule has 2 aromatic carbocycles. The molecule has 1 aliphatic rings. The number of benzene rings is 2. The molecule has 1 fully saturated rings. The Labute approximate surface area is 264 Å². The predicted molar refractivity (Wildman–Crippen MR) is 167 cm³/mol. The van der Waals surface area contributed by atoms with Gasteiger partial charge in [-0.15, -0.1) is 0 Å². The van der Waals surface area contributed by atoms with Crippen LogP contribution in [0.15, 0.2) is 72.9 Å². The van der Waals surface area contributed by atoms with Gasteiger partial charge in [0.05, 0.1) is 7.11 Å². The van der Waals surface area contributed by atoms with Crippen molar-refractivity contribution >= 4 is 17.8 Å². The van der Waals surface area contributed by atoms with E-state index in [9.17, 15) is 14.4 Å². The van der Waals surface area contributed by atoms with Gasteiger partial charge in [0.2, 0.25) is 6.79 Å². The van der Waals surface area contributed by atoms with Crippen LogP contribution < -0.4 is 14.8 Å². The van der Waals surface area contributed by atoms with Crippen molar-refractivity contribution in [2.45, 2.75) is 58.1 Å². The molecule has 0 radical (unpaired) electrons. The van der Waals surface area contributed by atoms with Crippen molar-refractivity contribution in [1.29, 1.82) is 0 Å². The van der Waals surface area contributed by atoms with Crippen molar-refractivity contribution in [3.63, 3.8) is 0 Å². The van der Waals surface area contributed by atoms with E-state index < -0.39 is 30.7 Å². The normalized spacial score (nSPS) is 20.1. The number of nitrogens with one attached hydrogen (secondary N) is 1. The smallest absolute Gasteiger partial charge is 0.334 e. The molecule has 10 heteroatoms. The van der Waals surface area contributed by atoms with E-state index in [0.717, 1.165) is 19.3 Å². The van der Waals surface area contributed by atoms with Gasteiger partial charge in [0.15, 0.2) is 17.2 Å². The molecule has 3 aromatic rings. The second kappa shape index (κ2) is 17.2. The molecule has 10 nitrogen and oxygen atoms in total. The molecule has 45 heavy (non-hydrogen) atoms. The molecule has 0 aliphatic carbocycles. The third kappa shape index (κ3) is 9.78. The molecule has 1 N–H and O–H groups in total. The van der Waals surface area contributed by atoms with Crippen molar-refractivity contribution in [3.05, 3.63) is 89.7 Å². The Kier molecular flexibility index (Phi) is 12.8. The van der Waals surface area contributed by atoms with Crippen LogP contribution in [0, 0.1) is 11.8 Å². The summed E-state index contributed by atoms with van der Waals surface area (Å²) in [5, 5.41) is 2.81. The minimum absolute atomic E-state index is 0.0163. The maximum Gasteiger partial charge on any atom is 0.334 e. The summed E-state index contributed by atoms with van der Waals surface area (Å²) in [6, 6.07) is 21.2. The maximum absolute atomic E-state index is 13.5. The van der Waals surface area contributed by atoms with E-state index in [1.165, 1.54) is 30.5 Å². The summed E-state index contributed by atoms with van der Waals surface area (Å²) in [4.78, 5) is 43.0. The summed E-state index contributed by atoms with van der Waals surface area (Å²) in [5.41, 5.74) is 2.32. The van der Waals surface area contributed by atoms with E-state index in [2.05, 4.69) is 34.6 Å². The summed E-state index contributed by atoms with van der Waals surface area (Å²) in [6.45, 7) is 3.35. The maximum atomic E-state index is 13.5. The Hall–Kier alpha value is -4.44. The van der Waals surface area contributed by atoms with Gasteiger partial charge in [-0.1, -0.05) is 67.1 Å². The molecule has 240 valence electrons. The van der Waals surface area contributed by atoms with Gasteiger partial charge in [-0.05, 0) is 56.6 Å². The molecule has 4 atom stereocenters. The second-order valence-electron chi connectivity index (χ2n) is 11.0. The van der Waals surface area contributed by atoms with Crippen molar-refractivity contribution in [2.75, 3.05) is 27.1 Å². The molecular weight excluding hydrogens is 576 g/mol. The zero-order valence-electron chi connectivity index (χ0n) is 26.1. The number of amides is 1. The van der Waals surface area contributed by atoms with Gasteiger partial charge in [-0.3, -0.25) is 4.79 Å². The van der Waals surface area contributed by atoms with Gasteiger partial charge in [-0.2, -0.15) is 0 Å². The van der Waals surface area contributed by atoms with E-state index in [-0.39, 0.29) is 41.7 Å². The van der Waals surface area contributed by atoms with Gasteiger partial charge in [0.25, 0.3) is 5.91 Å². The van der Waals surface area contributed by atoms with E-state index in [1.807, 2.05) is 43.3 Å². The molecule has 0 saturated carbocycles. The molecule has 4 rings (SSSR count). The lowest BCUT2D eigenvalue weighted by Gasteiger charge is -2.31. The van der Waals surface area contributed by atoms with Gasteiger partial charge in [0.1, 0.15) is 18.8 Å². The van der Waals surface area contributed by atoms with Crippen LogP contribution >= 0.6 is 0 Å². The van der Waals surface area contributed by atoms with Gasteiger partial charge < -0.3 is 29.0 Å². The summed E-state index contributed by atoms with van der Waals surface area (Å²) in [6.07, 6.45) is 4.61. The van der Waals surface area contributed by atoms with Crippen LogP contribution in [-0.2, 0) is 36.6 Å². The van der Waals surface area contributed by atoms with Gasteiger partial charge >= 0.3 is 11.9 Å². The summed E-state index contributed by atoms with van der Waals surface area (Å²) >= 11 is 0. The van der Waals surface area contributed by atoms with Crippen LogP contribution in [0.25, 0.3) is 0 Å². The molecule has 2 heterocycles. The molecule has 1 aliphatic heterocycles. The van der Waals surface area contributed by atoms with E-state index in [0.29, 0.717) is 19.4 Å². The number of hydrogen-bond acceptors (Lipinski definition) is 9. The third-order valence-electron chi connectivity index (χ3n) is 7.97. The SMILES string of the molecule is CCOCC(=O)OCOc1c(OC)ccnc1C(=O)NC1CCCC(Cc2ccccc2)C(Cc2ccccc2)C(C)OC1=O. The zero-order valence-corrected chi connectivity index (χ0v) is 26.1. The largest absolute Gasteiger partial charge is 0.493 e. The summed E-state index contributed by atoms with van der Waals surface area (Å²) in [7, 11) is 1.42. The highest BCUT2D eigenvalue weighted by Gasteiger charge is 2.35. The standard InChI is InChI=1S/C35H42N2O8/c1-4-42-22-31(38)43-23-44-33-30(41-3)18-19-36-32(33)34(39)37-29-17-11-16-27(20-25-12-7-5-8-13-25)28(24(2)45-35(29)40)21-26-14-9-6-10-15-26/h5-10,12-15,18-19,24,27-29H,4,11,16-17,20-23H2,1-3H3,(H,37,39). The zero-order chi connectivity index (χ0) is 32.0. The van der Waals surface area contributed by atoms with Crippen LogP contribution in [0.3, 0.4) is 0 Å². The predicted octanol–water partition coefficient (Wildman–Crippen LogP) is 4.94. The Morgan fingerprint density at radius 2 is 1.67 bits per heavy atom. The first-order chi connectivity index (χ1) is 21.9. The fraction of sp³-hybridized carbons (Fsp3) is 0.429. The number of nitrogens with zero attached hydrogens (tertiary/aromatic N) is 1. The lowest BCUT2D eigenvalue weighted by atomic mass is 9.77. The number of rotatable bonds is 13. The van der Waals surface area contributed by atoms with Crippen LogP contribution in [0.2, 0.25) is 0 Å². The number of pyridine rings is 1. The van der Waals surface area contributed by atoms with Crippen LogP contribution in [0.1, 0.15) is 54.7 Å². The van der Waals surface area contributed by atoms with Crippen LogP contribution in [0.5, 0.6) is 11.5 Å². The Balaban J connectivity index is 1.50. The number of aromatic nitrogens is 1. The average molecular weight is 619 g/mol. The van der Waals surface area contributed by atoms with Crippen molar-refractivity contribution in [3.8, 4) is 11.5 Å².